The highest BCUT2D eigenvalue weighted by Gasteiger charge is 2.11. The van der Waals surface area contributed by atoms with Gasteiger partial charge in [-0.3, -0.25) is 9.78 Å². The number of halogens is 3. The summed E-state index contributed by atoms with van der Waals surface area (Å²) in [5.41, 5.74) is 0.507. The number of hydrogen-bond acceptors (Lipinski definition) is 3. The van der Waals surface area contributed by atoms with Crippen molar-refractivity contribution < 1.29 is 9.90 Å². The van der Waals surface area contributed by atoms with Crippen molar-refractivity contribution in [3.8, 4) is 5.75 Å². The monoisotopic (exact) mass is 316 g/mol. The number of phenols is 1. The first kappa shape index (κ1) is 13.9. The van der Waals surface area contributed by atoms with Crippen molar-refractivity contribution >= 4 is 46.4 Å². The van der Waals surface area contributed by atoms with Crippen molar-refractivity contribution in [2.45, 2.75) is 0 Å². The maximum Gasteiger partial charge on any atom is 0.274 e. The Morgan fingerprint density at radius 1 is 1.16 bits per heavy atom. The number of pyridine rings is 1. The van der Waals surface area contributed by atoms with E-state index in [-0.39, 0.29) is 21.5 Å². The maximum absolute atomic E-state index is 11.9. The molecule has 19 heavy (non-hydrogen) atoms. The minimum atomic E-state index is -0.458. The number of anilines is 1. The zero-order valence-electron chi connectivity index (χ0n) is 9.32. The molecule has 0 bridgehead atoms. The van der Waals surface area contributed by atoms with E-state index in [1.54, 1.807) is 6.07 Å². The molecule has 2 aromatic rings. The molecule has 0 atom stereocenters. The summed E-state index contributed by atoms with van der Waals surface area (Å²) in [6.07, 6.45) is 1.42. The minimum absolute atomic E-state index is 0.0434. The second-order valence-electron chi connectivity index (χ2n) is 3.60. The molecule has 2 N–H and O–H groups in total. The summed E-state index contributed by atoms with van der Waals surface area (Å²) in [6.45, 7) is 0. The topological polar surface area (TPSA) is 62.2 Å². The second-order valence-corrected chi connectivity index (χ2v) is 4.85. The molecule has 1 aromatic carbocycles. The molecular weight excluding hydrogens is 311 g/mol. The third-order valence-electron chi connectivity index (χ3n) is 2.23. The molecule has 0 aliphatic carbocycles. The van der Waals surface area contributed by atoms with Gasteiger partial charge in [-0.05, 0) is 24.3 Å². The fourth-order valence-corrected chi connectivity index (χ4v) is 2.01. The predicted octanol–water partition coefficient (Wildman–Crippen LogP) is 4.00. The van der Waals surface area contributed by atoms with Crippen molar-refractivity contribution in [3.63, 3.8) is 0 Å². The van der Waals surface area contributed by atoms with E-state index < -0.39 is 5.91 Å². The number of nitrogens with zero attached hydrogens (tertiary/aromatic N) is 1. The van der Waals surface area contributed by atoms with Crippen LogP contribution in [0.5, 0.6) is 5.75 Å². The Kier molecular flexibility index (Phi) is 4.14. The number of benzene rings is 1. The Morgan fingerprint density at radius 2 is 1.79 bits per heavy atom. The quantitative estimate of drug-likeness (QED) is 0.823. The molecule has 0 spiro atoms. The number of rotatable bonds is 2. The van der Waals surface area contributed by atoms with Gasteiger partial charge in [-0.25, -0.2) is 0 Å². The molecule has 0 unspecified atom stereocenters. The van der Waals surface area contributed by atoms with Crippen LogP contribution < -0.4 is 5.32 Å². The van der Waals surface area contributed by atoms with E-state index in [0.717, 1.165) is 0 Å². The second kappa shape index (κ2) is 5.65. The molecular formula is C12H7Cl3N2O2. The number of aromatic hydroxyl groups is 1. The van der Waals surface area contributed by atoms with E-state index in [9.17, 15) is 9.90 Å². The molecule has 0 radical (unpaired) electrons. The first-order chi connectivity index (χ1) is 8.97. The van der Waals surface area contributed by atoms with Crippen molar-refractivity contribution in [1.29, 1.82) is 0 Å². The maximum atomic E-state index is 11.9. The molecule has 0 saturated heterocycles. The lowest BCUT2D eigenvalue weighted by Crippen LogP contribution is -2.13. The molecule has 0 fully saturated rings. The summed E-state index contributed by atoms with van der Waals surface area (Å²) in [5.74, 6) is -0.692. The van der Waals surface area contributed by atoms with E-state index in [4.69, 9.17) is 34.8 Å². The molecule has 1 amide bonds. The Bertz CT molecular complexity index is 624. The van der Waals surface area contributed by atoms with E-state index in [0.29, 0.717) is 10.7 Å². The van der Waals surface area contributed by atoms with E-state index in [1.165, 1.54) is 24.4 Å². The number of nitrogens with one attached hydrogen (secondary N) is 1. The third-order valence-corrected chi connectivity index (χ3v) is 3.04. The molecule has 1 aromatic heterocycles. The van der Waals surface area contributed by atoms with Gasteiger partial charge in [0.2, 0.25) is 0 Å². The molecule has 1 heterocycles. The molecule has 4 nitrogen and oxygen atoms in total. The van der Waals surface area contributed by atoms with E-state index >= 15 is 0 Å². The molecule has 0 aliphatic heterocycles. The first-order valence-electron chi connectivity index (χ1n) is 5.08. The lowest BCUT2D eigenvalue weighted by Gasteiger charge is -2.07. The normalized spacial score (nSPS) is 10.3. The molecule has 0 saturated carbocycles. The fourth-order valence-electron chi connectivity index (χ4n) is 1.36. The van der Waals surface area contributed by atoms with Crippen molar-refractivity contribution in [1.82, 2.24) is 4.98 Å². The van der Waals surface area contributed by atoms with Gasteiger partial charge in [0.25, 0.3) is 5.91 Å². The Morgan fingerprint density at radius 3 is 2.37 bits per heavy atom. The van der Waals surface area contributed by atoms with E-state index in [1.807, 2.05) is 0 Å². The fraction of sp³-hybridized carbons (Fsp3) is 0. The average Bonchev–Trinajstić information content (AvgIpc) is 2.36. The smallest absolute Gasteiger partial charge is 0.274 e. The highest BCUT2D eigenvalue weighted by atomic mass is 35.5. The standard InChI is InChI=1S/C12H7Cl3N2O2/c13-6-1-2-16-10(3-6)12(19)17-7-4-8(14)11(18)9(15)5-7/h1-5,18H,(H,17,19). The molecule has 98 valence electrons. The van der Waals surface area contributed by atoms with Crippen molar-refractivity contribution in [3.05, 3.63) is 51.2 Å². The van der Waals surface area contributed by atoms with Gasteiger partial charge in [0, 0.05) is 16.9 Å². The first-order valence-corrected chi connectivity index (χ1v) is 6.21. The van der Waals surface area contributed by atoms with Crippen LogP contribution in [0.1, 0.15) is 10.5 Å². The largest absolute Gasteiger partial charge is 0.505 e. The summed E-state index contributed by atoms with van der Waals surface area (Å²) >= 11 is 17.3. The Hall–Kier alpha value is -1.49. The van der Waals surface area contributed by atoms with Gasteiger partial charge in [-0.15, -0.1) is 0 Å². The van der Waals surface area contributed by atoms with Crippen LogP contribution in [-0.4, -0.2) is 16.0 Å². The van der Waals surface area contributed by atoms with Crippen LogP contribution in [0.4, 0.5) is 5.69 Å². The lowest BCUT2D eigenvalue weighted by atomic mass is 10.2. The van der Waals surface area contributed by atoms with Crippen LogP contribution in [0.2, 0.25) is 15.1 Å². The van der Waals surface area contributed by atoms with Gasteiger partial charge in [-0.2, -0.15) is 0 Å². The summed E-state index contributed by atoms with van der Waals surface area (Å²) in [4.78, 5) is 15.8. The van der Waals surface area contributed by atoms with Gasteiger partial charge < -0.3 is 10.4 Å². The average molecular weight is 318 g/mol. The van der Waals surface area contributed by atoms with Crippen LogP contribution in [0, 0.1) is 0 Å². The zero-order valence-corrected chi connectivity index (χ0v) is 11.6. The zero-order chi connectivity index (χ0) is 14.0. The summed E-state index contributed by atoms with van der Waals surface area (Å²) in [6, 6.07) is 5.75. The van der Waals surface area contributed by atoms with Crippen LogP contribution >= 0.6 is 34.8 Å². The van der Waals surface area contributed by atoms with Gasteiger partial charge in [0.1, 0.15) is 5.69 Å². The number of aromatic nitrogens is 1. The minimum Gasteiger partial charge on any atom is -0.505 e. The Balaban J connectivity index is 2.24. The molecule has 7 heteroatoms. The third kappa shape index (κ3) is 3.29. The SMILES string of the molecule is O=C(Nc1cc(Cl)c(O)c(Cl)c1)c1cc(Cl)ccn1. The summed E-state index contributed by atoms with van der Waals surface area (Å²) in [5, 5.41) is 12.5. The van der Waals surface area contributed by atoms with Gasteiger partial charge >= 0.3 is 0 Å². The van der Waals surface area contributed by atoms with Gasteiger partial charge in [0.05, 0.1) is 10.0 Å². The summed E-state index contributed by atoms with van der Waals surface area (Å²) in [7, 11) is 0. The van der Waals surface area contributed by atoms with Crippen molar-refractivity contribution in [2.75, 3.05) is 5.32 Å². The number of amides is 1. The van der Waals surface area contributed by atoms with Gasteiger partial charge in [-0.1, -0.05) is 34.8 Å². The number of carbonyl (C=O) groups excluding carboxylic acids is 1. The van der Waals surface area contributed by atoms with Gasteiger partial charge in [0.15, 0.2) is 5.75 Å². The predicted molar refractivity (Wildman–Crippen MR) is 75.3 cm³/mol. The van der Waals surface area contributed by atoms with Crippen LogP contribution in [0.15, 0.2) is 30.5 Å². The number of phenolic OH excluding ortho intramolecular Hbond substituents is 1. The number of carbonyl (C=O) groups is 1. The lowest BCUT2D eigenvalue weighted by molar-refractivity contribution is 0.102. The summed E-state index contributed by atoms with van der Waals surface area (Å²) < 4.78 is 0. The van der Waals surface area contributed by atoms with Crippen molar-refractivity contribution in [2.24, 2.45) is 0 Å². The highest BCUT2D eigenvalue weighted by Crippen LogP contribution is 2.34. The van der Waals surface area contributed by atoms with E-state index in [2.05, 4.69) is 10.3 Å². The highest BCUT2D eigenvalue weighted by molar-refractivity contribution is 6.37. The van der Waals surface area contributed by atoms with Crippen LogP contribution in [0.25, 0.3) is 0 Å². The van der Waals surface area contributed by atoms with Crippen LogP contribution in [-0.2, 0) is 0 Å². The molecule has 2 rings (SSSR count). The number of hydrogen-bond donors (Lipinski definition) is 2. The van der Waals surface area contributed by atoms with Crippen LogP contribution in [0.3, 0.4) is 0 Å². The molecule has 0 aliphatic rings. The Labute approximate surface area is 123 Å².